The Kier molecular flexibility index (Phi) is 6.35. The fraction of sp³-hybridized carbons (Fsp3) is 0.565. The average Bonchev–Trinajstić information content (AvgIpc) is 3.04. The lowest BCUT2D eigenvalue weighted by molar-refractivity contribution is 0.0342. The Morgan fingerprint density at radius 2 is 1.82 bits per heavy atom. The van der Waals surface area contributed by atoms with E-state index in [1.807, 2.05) is 6.92 Å². The van der Waals surface area contributed by atoms with Crippen molar-refractivity contribution < 1.29 is 13.9 Å². The van der Waals surface area contributed by atoms with E-state index in [2.05, 4.69) is 47.1 Å². The zero-order valence-corrected chi connectivity index (χ0v) is 17.2. The predicted molar refractivity (Wildman–Crippen MR) is 110 cm³/mol. The van der Waals surface area contributed by atoms with Crippen LogP contribution in [0.15, 0.2) is 34.7 Å². The van der Waals surface area contributed by atoms with Crippen LogP contribution in [0.5, 0.6) is 5.75 Å². The number of benzene rings is 1. The standard InChI is InChI=1S/C23H32N2O3/c1-18(22-5-3-19(2)28-22)7-8-24-11-14-27-23-6-4-20(15-21(23)17-24)16-25-9-12-26-13-10-25/h3-6,15,18H,7-14,16-17H2,1-2H3. The van der Waals surface area contributed by atoms with E-state index in [0.717, 1.165) is 82.8 Å². The van der Waals surface area contributed by atoms with Crippen molar-refractivity contribution in [3.63, 3.8) is 0 Å². The molecule has 3 heterocycles. The summed E-state index contributed by atoms with van der Waals surface area (Å²) in [5.41, 5.74) is 2.68. The molecule has 2 aliphatic heterocycles. The van der Waals surface area contributed by atoms with Gasteiger partial charge in [0.1, 0.15) is 23.9 Å². The van der Waals surface area contributed by atoms with E-state index in [0.29, 0.717) is 5.92 Å². The van der Waals surface area contributed by atoms with Crippen molar-refractivity contribution in [3.05, 3.63) is 53.0 Å². The van der Waals surface area contributed by atoms with Gasteiger partial charge >= 0.3 is 0 Å². The third-order valence-electron chi connectivity index (χ3n) is 5.82. The number of hydrogen-bond donors (Lipinski definition) is 0. The summed E-state index contributed by atoms with van der Waals surface area (Å²) in [4.78, 5) is 4.98. The van der Waals surface area contributed by atoms with Gasteiger partial charge in [-0.15, -0.1) is 0 Å². The number of rotatable bonds is 6. The van der Waals surface area contributed by atoms with Crippen molar-refractivity contribution >= 4 is 0 Å². The Morgan fingerprint density at radius 3 is 2.61 bits per heavy atom. The molecule has 1 aromatic carbocycles. The molecule has 1 saturated heterocycles. The average molecular weight is 385 g/mol. The molecule has 1 aromatic heterocycles. The lowest BCUT2D eigenvalue weighted by Gasteiger charge is -2.27. The van der Waals surface area contributed by atoms with E-state index < -0.39 is 0 Å². The molecule has 0 saturated carbocycles. The van der Waals surface area contributed by atoms with Crippen LogP contribution in [0.1, 0.15) is 41.9 Å². The number of furan rings is 1. The van der Waals surface area contributed by atoms with Gasteiger partial charge in [-0.2, -0.15) is 0 Å². The number of ether oxygens (including phenoxy) is 2. The first-order chi connectivity index (χ1) is 13.7. The van der Waals surface area contributed by atoms with Gasteiger partial charge in [0.15, 0.2) is 0 Å². The van der Waals surface area contributed by atoms with Gasteiger partial charge in [-0.05, 0) is 49.7 Å². The number of aryl methyl sites for hydroxylation is 1. The van der Waals surface area contributed by atoms with Gasteiger partial charge in [-0.1, -0.05) is 13.0 Å². The molecular weight excluding hydrogens is 352 g/mol. The summed E-state index contributed by atoms with van der Waals surface area (Å²) in [6, 6.07) is 10.9. The number of nitrogens with zero attached hydrogens (tertiary/aromatic N) is 2. The van der Waals surface area contributed by atoms with Crippen molar-refractivity contribution in [3.8, 4) is 5.75 Å². The summed E-state index contributed by atoms with van der Waals surface area (Å²) in [7, 11) is 0. The van der Waals surface area contributed by atoms with Crippen LogP contribution >= 0.6 is 0 Å². The molecule has 28 heavy (non-hydrogen) atoms. The van der Waals surface area contributed by atoms with E-state index in [9.17, 15) is 0 Å². The Labute approximate surface area is 168 Å². The van der Waals surface area contributed by atoms with Crippen LogP contribution in [-0.2, 0) is 17.8 Å². The number of hydrogen-bond acceptors (Lipinski definition) is 5. The zero-order valence-electron chi connectivity index (χ0n) is 17.2. The summed E-state index contributed by atoms with van der Waals surface area (Å²) < 4.78 is 17.3. The molecule has 0 spiro atoms. The maximum absolute atomic E-state index is 6.02. The Bertz CT molecular complexity index is 767. The summed E-state index contributed by atoms with van der Waals surface area (Å²) in [6.07, 6.45) is 1.09. The second-order valence-corrected chi connectivity index (χ2v) is 8.09. The Morgan fingerprint density at radius 1 is 1.00 bits per heavy atom. The first kappa shape index (κ1) is 19.5. The lowest BCUT2D eigenvalue weighted by Crippen LogP contribution is -2.35. The zero-order chi connectivity index (χ0) is 19.3. The number of fused-ring (bicyclic) bond motifs is 1. The highest BCUT2D eigenvalue weighted by Gasteiger charge is 2.19. The molecular formula is C23H32N2O3. The van der Waals surface area contributed by atoms with Crippen LogP contribution in [-0.4, -0.2) is 55.8 Å². The molecule has 1 fully saturated rings. The van der Waals surface area contributed by atoms with Gasteiger partial charge in [-0.25, -0.2) is 0 Å². The van der Waals surface area contributed by atoms with Gasteiger partial charge in [0.25, 0.3) is 0 Å². The lowest BCUT2D eigenvalue weighted by atomic mass is 10.0. The van der Waals surface area contributed by atoms with Crippen molar-refractivity contribution in [1.82, 2.24) is 9.80 Å². The van der Waals surface area contributed by atoms with Gasteiger partial charge in [-0.3, -0.25) is 9.80 Å². The second kappa shape index (κ2) is 9.12. The largest absolute Gasteiger partial charge is 0.492 e. The highest BCUT2D eigenvalue weighted by atomic mass is 16.5. The van der Waals surface area contributed by atoms with Crippen LogP contribution in [0.3, 0.4) is 0 Å². The first-order valence-corrected chi connectivity index (χ1v) is 10.5. The maximum Gasteiger partial charge on any atom is 0.123 e. The minimum absolute atomic E-state index is 0.435. The molecule has 5 nitrogen and oxygen atoms in total. The van der Waals surface area contributed by atoms with Gasteiger partial charge in [0.05, 0.1) is 13.2 Å². The summed E-state index contributed by atoms with van der Waals surface area (Å²) in [5, 5.41) is 0. The Balaban J connectivity index is 1.36. The molecule has 152 valence electrons. The highest BCUT2D eigenvalue weighted by Crippen LogP contribution is 2.27. The molecule has 0 radical (unpaired) electrons. The molecule has 1 unspecified atom stereocenters. The molecule has 1 atom stereocenters. The summed E-state index contributed by atoms with van der Waals surface area (Å²) in [6.45, 7) is 12.7. The molecule has 0 bridgehead atoms. The second-order valence-electron chi connectivity index (χ2n) is 8.09. The fourth-order valence-electron chi connectivity index (χ4n) is 4.05. The number of morpholine rings is 1. The van der Waals surface area contributed by atoms with Crippen molar-refractivity contribution in [2.24, 2.45) is 0 Å². The molecule has 4 rings (SSSR count). The first-order valence-electron chi connectivity index (χ1n) is 10.5. The maximum atomic E-state index is 6.02. The fourth-order valence-corrected chi connectivity index (χ4v) is 4.05. The smallest absolute Gasteiger partial charge is 0.123 e. The minimum Gasteiger partial charge on any atom is -0.492 e. The molecule has 0 N–H and O–H groups in total. The van der Waals surface area contributed by atoms with Crippen LogP contribution in [0.25, 0.3) is 0 Å². The van der Waals surface area contributed by atoms with Crippen LogP contribution in [0.4, 0.5) is 0 Å². The molecule has 0 aliphatic carbocycles. The quantitative estimate of drug-likeness (QED) is 0.757. The van der Waals surface area contributed by atoms with E-state index in [1.165, 1.54) is 11.1 Å². The van der Waals surface area contributed by atoms with Gasteiger partial charge in [0, 0.05) is 44.2 Å². The van der Waals surface area contributed by atoms with E-state index in [1.54, 1.807) is 0 Å². The monoisotopic (exact) mass is 384 g/mol. The summed E-state index contributed by atoms with van der Waals surface area (Å²) >= 11 is 0. The SMILES string of the molecule is Cc1ccc(C(C)CCN2CCOc3ccc(CN4CCOCC4)cc3C2)o1. The van der Waals surface area contributed by atoms with E-state index in [4.69, 9.17) is 13.9 Å². The van der Waals surface area contributed by atoms with E-state index in [-0.39, 0.29) is 0 Å². The summed E-state index contributed by atoms with van der Waals surface area (Å²) in [5.74, 6) is 3.57. The molecule has 0 amide bonds. The molecule has 2 aromatic rings. The van der Waals surface area contributed by atoms with E-state index >= 15 is 0 Å². The third-order valence-corrected chi connectivity index (χ3v) is 5.82. The minimum atomic E-state index is 0.435. The van der Waals surface area contributed by atoms with Gasteiger partial charge < -0.3 is 13.9 Å². The Hall–Kier alpha value is -1.82. The topological polar surface area (TPSA) is 38.1 Å². The van der Waals surface area contributed by atoms with Crippen molar-refractivity contribution in [2.75, 3.05) is 46.0 Å². The third kappa shape index (κ3) is 4.96. The normalized spacial score (nSPS) is 19.6. The van der Waals surface area contributed by atoms with Gasteiger partial charge in [0.2, 0.25) is 0 Å². The van der Waals surface area contributed by atoms with Crippen LogP contribution in [0.2, 0.25) is 0 Å². The van der Waals surface area contributed by atoms with Crippen molar-refractivity contribution in [1.29, 1.82) is 0 Å². The highest BCUT2D eigenvalue weighted by molar-refractivity contribution is 5.38. The molecule has 2 aliphatic rings. The molecule has 5 heteroatoms. The van der Waals surface area contributed by atoms with Crippen molar-refractivity contribution in [2.45, 2.75) is 39.3 Å². The van der Waals surface area contributed by atoms with Crippen LogP contribution in [0, 0.1) is 6.92 Å². The predicted octanol–water partition coefficient (Wildman–Crippen LogP) is 3.81. The van der Waals surface area contributed by atoms with Crippen LogP contribution < -0.4 is 4.74 Å².